The van der Waals surface area contributed by atoms with Crippen LogP contribution < -0.4 is 5.32 Å². The molecule has 1 aromatic carbocycles. The van der Waals surface area contributed by atoms with E-state index in [-0.39, 0.29) is 12.3 Å². The summed E-state index contributed by atoms with van der Waals surface area (Å²) in [7, 11) is 1.25. The molecule has 106 valence electrons. The molecule has 2 aromatic rings. The summed E-state index contributed by atoms with van der Waals surface area (Å²) < 4.78 is 4.63. The lowest BCUT2D eigenvalue weighted by Crippen LogP contribution is -2.41. The van der Waals surface area contributed by atoms with Gasteiger partial charge in [0.15, 0.2) is 0 Å². The fourth-order valence-electron chi connectivity index (χ4n) is 1.98. The quantitative estimate of drug-likeness (QED) is 0.682. The molecule has 1 aromatic heterocycles. The Morgan fingerprint density at radius 2 is 2.14 bits per heavy atom. The first-order valence-electron chi connectivity index (χ1n) is 6.33. The average molecular weight is 282 g/mol. The summed E-state index contributed by atoms with van der Waals surface area (Å²) >= 11 is 0. The van der Waals surface area contributed by atoms with Crippen molar-refractivity contribution < 1.29 is 14.3 Å². The number of fused-ring (bicyclic) bond motifs is 1. The first-order chi connectivity index (χ1) is 10.2. The highest BCUT2D eigenvalue weighted by molar-refractivity contribution is 6.07. The summed E-state index contributed by atoms with van der Waals surface area (Å²) in [5.74, 6) is 1.39. The fraction of sp³-hybridized carbons (Fsp3) is 0.188. The normalized spacial score (nSPS) is 11.4. The molecule has 1 amide bonds. The van der Waals surface area contributed by atoms with Crippen molar-refractivity contribution in [3.8, 4) is 12.3 Å². The molecule has 5 heteroatoms. The third-order valence-electron chi connectivity index (χ3n) is 3.01. The molecule has 0 unspecified atom stereocenters. The van der Waals surface area contributed by atoms with Crippen molar-refractivity contribution in [2.75, 3.05) is 7.11 Å². The summed E-state index contributed by atoms with van der Waals surface area (Å²) in [4.78, 5) is 28.1. The van der Waals surface area contributed by atoms with Crippen molar-refractivity contribution in [3.05, 3.63) is 42.1 Å². The summed E-state index contributed by atoms with van der Waals surface area (Å²) in [5, 5.41) is 3.30. The smallest absolute Gasteiger partial charge is 0.329 e. The second-order valence-electron chi connectivity index (χ2n) is 4.33. The largest absolute Gasteiger partial charge is 0.467 e. The fourth-order valence-corrected chi connectivity index (χ4v) is 1.98. The van der Waals surface area contributed by atoms with E-state index in [9.17, 15) is 9.59 Å². The van der Waals surface area contributed by atoms with Gasteiger partial charge in [0.05, 0.1) is 18.2 Å². The number of para-hydroxylation sites is 1. The van der Waals surface area contributed by atoms with Gasteiger partial charge in [-0.3, -0.25) is 9.78 Å². The minimum Gasteiger partial charge on any atom is -0.467 e. The molecule has 0 saturated heterocycles. The molecule has 0 bridgehead atoms. The van der Waals surface area contributed by atoms with E-state index in [4.69, 9.17) is 6.42 Å². The van der Waals surface area contributed by atoms with E-state index in [1.165, 1.54) is 7.11 Å². The van der Waals surface area contributed by atoms with E-state index in [1.807, 2.05) is 18.2 Å². The SMILES string of the molecule is C#CC[C@H](NC(=O)c1ccnc2ccccc12)C(=O)OC. The van der Waals surface area contributed by atoms with Crippen LogP contribution in [-0.2, 0) is 9.53 Å². The van der Waals surface area contributed by atoms with Gasteiger partial charge in [0, 0.05) is 18.0 Å². The van der Waals surface area contributed by atoms with E-state index in [0.717, 1.165) is 0 Å². The maximum absolute atomic E-state index is 12.3. The van der Waals surface area contributed by atoms with Gasteiger partial charge in [0.25, 0.3) is 5.91 Å². The van der Waals surface area contributed by atoms with Gasteiger partial charge in [0.1, 0.15) is 6.04 Å². The Morgan fingerprint density at radius 1 is 1.38 bits per heavy atom. The predicted molar refractivity (Wildman–Crippen MR) is 78.5 cm³/mol. The van der Waals surface area contributed by atoms with Crippen molar-refractivity contribution in [1.29, 1.82) is 0 Å². The van der Waals surface area contributed by atoms with Crippen LogP contribution in [-0.4, -0.2) is 30.0 Å². The number of esters is 1. The Bertz CT molecular complexity index is 714. The van der Waals surface area contributed by atoms with Gasteiger partial charge in [-0.25, -0.2) is 4.79 Å². The van der Waals surface area contributed by atoms with Gasteiger partial charge >= 0.3 is 5.97 Å². The predicted octanol–water partition coefficient (Wildman–Crippen LogP) is 1.53. The molecule has 0 fully saturated rings. The van der Waals surface area contributed by atoms with Crippen molar-refractivity contribution in [1.82, 2.24) is 10.3 Å². The van der Waals surface area contributed by atoms with Gasteiger partial charge in [-0.2, -0.15) is 0 Å². The van der Waals surface area contributed by atoms with E-state index in [0.29, 0.717) is 16.5 Å². The van der Waals surface area contributed by atoms with Crippen LogP contribution in [0.1, 0.15) is 16.8 Å². The topological polar surface area (TPSA) is 68.3 Å². The molecule has 1 N–H and O–H groups in total. The molecule has 0 radical (unpaired) electrons. The van der Waals surface area contributed by atoms with Crippen LogP contribution >= 0.6 is 0 Å². The molecule has 0 saturated carbocycles. The minimum atomic E-state index is -0.862. The zero-order chi connectivity index (χ0) is 15.2. The zero-order valence-electron chi connectivity index (χ0n) is 11.5. The number of aromatic nitrogens is 1. The number of benzene rings is 1. The number of hydrogen-bond acceptors (Lipinski definition) is 4. The molecular weight excluding hydrogens is 268 g/mol. The number of terminal acetylenes is 1. The molecule has 2 rings (SSSR count). The first kappa shape index (κ1) is 14.5. The van der Waals surface area contributed by atoms with Gasteiger partial charge in [-0.15, -0.1) is 12.3 Å². The van der Waals surface area contributed by atoms with Crippen LogP contribution in [0.2, 0.25) is 0 Å². The summed E-state index contributed by atoms with van der Waals surface area (Å²) in [5.41, 5.74) is 1.14. The number of amides is 1. The Kier molecular flexibility index (Phi) is 4.52. The zero-order valence-corrected chi connectivity index (χ0v) is 11.5. The van der Waals surface area contributed by atoms with Crippen LogP contribution in [0.25, 0.3) is 10.9 Å². The number of hydrogen-bond donors (Lipinski definition) is 1. The second kappa shape index (κ2) is 6.53. The monoisotopic (exact) mass is 282 g/mol. The van der Waals surface area contributed by atoms with Gasteiger partial charge in [-0.05, 0) is 12.1 Å². The minimum absolute atomic E-state index is 0.0709. The molecule has 5 nitrogen and oxygen atoms in total. The summed E-state index contributed by atoms with van der Waals surface area (Å²) in [6, 6.07) is 8.00. The maximum atomic E-state index is 12.3. The molecule has 0 aliphatic rings. The van der Waals surface area contributed by atoms with Crippen LogP contribution in [0, 0.1) is 12.3 Å². The van der Waals surface area contributed by atoms with Crippen LogP contribution in [0.15, 0.2) is 36.5 Å². The molecule has 1 heterocycles. The van der Waals surface area contributed by atoms with Crippen LogP contribution in [0.4, 0.5) is 0 Å². The first-order valence-corrected chi connectivity index (χ1v) is 6.33. The third kappa shape index (κ3) is 3.18. The summed E-state index contributed by atoms with van der Waals surface area (Å²) in [6.45, 7) is 0. The van der Waals surface area contributed by atoms with E-state index in [1.54, 1.807) is 18.3 Å². The molecule has 0 aliphatic heterocycles. The lowest BCUT2D eigenvalue weighted by atomic mass is 10.1. The van der Waals surface area contributed by atoms with E-state index in [2.05, 4.69) is 21.0 Å². The van der Waals surface area contributed by atoms with Gasteiger partial charge < -0.3 is 10.1 Å². The standard InChI is InChI=1S/C16H14N2O3/c1-3-6-14(16(20)21-2)18-15(19)12-9-10-17-13-8-5-4-7-11(12)13/h1,4-5,7-10,14H,6H2,2H3,(H,18,19)/t14-/m0/s1. The van der Waals surface area contributed by atoms with Crippen molar-refractivity contribution in [2.45, 2.75) is 12.5 Å². The molecule has 21 heavy (non-hydrogen) atoms. The maximum Gasteiger partial charge on any atom is 0.329 e. The lowest BCUT2D eigenvalue weighted by Gasteiger charge is -2.14. The average Bonchev–Trinajstić information content (AvgIpc) is 2.53. The van der Waals surface area contributed by atoms with Gasteiger partial charge in [0.2, 0.25) is 0 Å². The molecule has 1 atom stereocenters. The number of nitrogens with zero attached hydrogens (tertiary/aromatic N) is 1. The highest BCUT2D eigenvalue weighted by atomic mass is 16.5. The number of rotatable bonds is 4. The molecular formula is C16H14N2O3. The lowest BCUT2D eigenvalue weighted by molar-refractivity contribution is -0.142. The molecule has 0 aliphatic carbocycles. The van der Waals surface area contributed by atoms with Crippen molar-refractivity contribution >= 4 is 22.8 Å². The number of carbonyl (C=O) groups is 2. The number of nitrogens with one attached hydrogen (secondary N) is 1. The van der Waals surface area contributed by atoms with E-state index >= 15 is 0 Å². The van der Waals surface area contributed by atoms with Crippen molar-refractivity contribution in [3.63, 3.8) is 0 Å². The Balaban J connectivity index is 2.30. The number of ether oxygens (including phenoxy) is 1. The van der Waals surface area contributed by atoms with Gasteiger partial charge in [-0.1, -0.05) is 18.2 Å². The molecule has 0 spiro atoms. The Morgan fingerprint density at radius 3 is 2.86 bits per heavy atom. The highest BCUT2D eigenvalue weighted by Gasteiger charge is 2.22. The van der Waals surface area contributed by atoms with Crippen molar-refractivity contribution in [2.24, 2.45) is 0 Å². The summed E-state index contributed by atoms with van der Waals surface area (Å²) in [6.07, 6.45) is 6.83. The number of carbonyl (C=O) groups excluding carboxylic acids is 2. The van der Waals surface area contributed by atoms with Crippen LogP contribution in [0.5, 0.6) is 0 Å². The third-order valence-corrected chi connectivity index (χ3v) is 3.01. The van der Waals surface area contributed by atoms with E-state index < -0.39 is 12.0 Å². The Hall–Kier alpha value is -2.87. The number of pyridine rings is 1. The Labute approximate surface area is 122 Å². The number of methoxy groups -OCH3 is 1. The van der Waals surface area contributed by atoms with Crippen LogP contribution in [0.3, 0.4) is 0 Å². The highest BCUT2D eigenvalue weighted by Crippen LogP contribution is 2.16. The second-order valence-corrected chi connectivity index (χ2v) is 4.33.